The highest BCUT2D eigenvalue weighted by atomic mass is 32.2. The number of sulfonamides is 1. The molecule has 4 atom stereocenters. The largest absolute Gasteiger partial charge is 0.456 e. The first kappa shape index (κ1) is 30.1. The third-order valence-corrected chi connectivity index (χ3v) is 9.13. The molecule has 1 N–H and O–H groups in total. The van der Waals surface area contributed by atoms with Crippen LogP contribution >= 0.6 is 0 Å². The number of pyridine rings is 1. The van der Waals surface area contributed by atoms with Crippen LogP contribution in [0.3, 0.4) is 0 Å². The molecule has 1 unspecified atom stereocenters. The van der Waals surface area contributed by atoms with Crippen LogP contribution in [-0.2, 0) is 33.9 Å². The van der Waals surface area contributed by atoms with E-state index in [1.165, 1.54) is 54.6 Å². The number of fused-ring (bicyclic) bond motifs is 2. The summed E-state index contributed by atoms with van der Waals surface area (Å²) in [5.74, 6) is -0.574. The molecule has 1 aromatic heterocycles. The number of hydrogen-bond donors (Lipinski definition) is 1. The van der Waals surface area contributed by atoms with Crippen molar-refractivity contribution in [2.75, 3.05) is 33.5 Å². The topological polar surface area (TPSA) is 146 Å². The fraction of sp³-hybridized carbons (Fsp3) is 0.519. The molecule has 2 amide bonds. The van der Waals surface area contributed by atoms with Crippen molar-refractivity contribution in [1.82, 2.24) is 19.7 Å². The molecule has 0 radical (unpaired) electrons. The van der Waals surface area contributed by atoms with Crippen LogP contribution in [-0.4, -0.2) is 92.5 Å². The number of carbonyl (C=O) groups is 2. The van der Waals surface area contributed by atoms with Crippen LogP contribution in [0.5, 0.6) is 11.5 Å². The van der Waals surface area contributed by atoms with Gasteiger partial charge in [-0.1, -0.05) is 0 Å². The van der Waals surface area contributed by atoms with Gasteiger partial charge in [0.25, 0.3) is 15.9 Å². The SMILES string of the molecule is COCCOC(=O)N1[C@@H]2CC[C@H]1[C@H](C(=O)NOC1CCCCO1)N(S(=O)(=O)c1ccc(Oc3ccc(F)cc3)cn1)C2. The quantitative estimate of drug-likeness (QED) is 0.316. The van der Waals surface area contributed by atoms with Crippen LogP contribution in [0.2, 0.25) is 0 Å². The Hall–Kier alpha value is -3.37. The highest BCUT2D eigenvalue weighted by Crippen LogP contribution is 2.38. The van der Waals surface area contributed by atoms with Crippen molar-refractivity contribution in [1.29, 1.82) is 0 Å². The van der Waals surface area contributed by atoms with Crippen molar-refractivity contribution in [3.63, 3.8) is 0 Å². The molecule has 0 saturated carbocycles. The Morgan fingerprint density at radius 2 is 1.86 bits per heavy atom. The summed E-state index contributed by atoms with van der Waals surface area (Å²) in [6, 6.07) is 5.39. The zero-order valence-corrected chi connectivity index (χ0v) is 23.8. The van der Waals surface area contributed by atoms with Crippen LogP contribution in [0, 0.1) is 5.82 Å². The summed E-state index contributed by atoms with van der Waals surface area (Å²) < 4.78 is 63.5. The Bertz CT molecular complexity index is 1340. The minimum absolute atomic E-state index is 0.0164. The number of ether oxygens (including phenoxy) is 4. The molecule has 3 fully saturated rings. The average molecular weight is 609 g/mol. The van der Waals surface area contributed by atoms with Gasteiger partial charge in [0.05, 0.1) is 18.8 Å². The van der Waals surface area contributed by atoms with Gasteiger partial charge in [0.1, 0.15) is 30.0 Å². The van der Waals surface area contributed by atoms with Gasteiger partial charge >= 0.3 is 6.09 Å². The van der Waals surface area contributed by atoms with E-state index in [2.05, 4.69) is 10.5 Å². The Kier molecular flexibility index (Phi) is 9.53. The third-order valence-electron chi connectivity index (χ3n) is 7.36. The zero-order valence-electron chi connectivity index (χ0n) is 23.0. The molecule has 4 heterocycles. The Labute approximate surface area is 242 Å². The average Bonchev–Trinajstić information content (AvgIpc) is 3.30. The smallest absolute Gasteiger partial charge is 0.410 e. The van der Waals surface area contributed by atoms with Gasteiger partial charge in [0.15, 0.2) is 11.3 Å². The van der Waals surface area contributed by atoms with Crippen molar-refractivity contribution in [2.45, 2.75) is 61.5 Å². The molecule has 5 rings (SSSR count). The van der Waals surface area contributed by atoms with Crippen molar-refractivity contribution in [3.05, 3.63) is 48.4 Å². The van der Waals surface area contributed by atoms with Crippen LogP contribution in [0.1, 0.15) is 32.1 Å². The first-order chi connectivity index (χ1) is 20.3. The lowest BCUT2D eigenvalue weighted by Gasteiger charge is -2.44. The Morgan fingerprint density at radius 1 is 1.07 bits per heavy atom. The van der Waals surface area contributed by atoms with Crippen molar-refractivity contribution in [3.8, 4) is 11.5 Å². The fourth-order valence-electron chi connectivity index (χ4n) is 5.37. The molecule has 2 bridgehead atoms. The number of hydrogen-bond acceptors (Lipinski definition) is 10. The van der Waals surface area contributed by atoms with E-state index >= 15 is 0 Å². The van der Waals surface area contributed by atoms with Crippen molar-refractivity contribution in [2.24, 2.45) is 0 Å². The fourth-order valence-corrected chi connectivity index (χ4v) is 6.94. The molecule has 15 heteroatoms. The molecule has 3 aliphatic rings. The first-order valence-electron chi connectivity index (χ1n) is 13.7. The molecule has 3 saturated heterocycles. The van der Waals surface area contributed by atoms with Crippen LogP contribution in [0.4, 0.5) is 9.18 Å². The normalized spacial score (nSPS) is 24.3. The molecule has 13 nitrogen and oxygen atoms in total. The minimum atomic E-state index is -4.32. The highest BCUT2D eigenvalue weighted by molar-refractivity contribution is 7.89. The number of benzene rings is 1. The molecule has 1 aromatic carbocycles. The second-order valence-electron chi connectivity index (χ2n) is 10.1. The third kappa shape index (κ3) is 6.65. The maximum Gasteiger partial charge on any atom is 0.410 e. The number of nitrogens with one attached hydrogen (secondary N) is 1. The van der Waals surface area contributed by atoms with Gasteiger partial charge < -0.3 is 18.9 Å². The standard InChI is InChI=1S/C27H33FN4O9S/c1-37-14-15-39-27(34)32-19-7-11-22(32)25(26(33)30-41-24-4-2-3-13-38-24)31(17-19)42(35,36)23-12-10-21(16-29-23)40-20-8-5-18(28)6-9-20/h5-6,8-10,12,16,19,22,24-25H,2-4,7,11,13-15,17H2,1H3,(H,30,33)/t19-,22+,24?,25-/m1/s1. The van der Waals surface area contributed by atoms with E-state index < -0.39 is 52.3 Å². The number of halogens is 1. The molecule has 0 spiro atoms. The predicted octanol–water partition coefficient (Wildman–Crippen LogP) is 2.58. The van der Waals surface area contributed by atoms with Gasteiger partial charge in [-0.05, 0) is 62.1 Å². The molecule has 0 aliphatic carbocycles. The molecule has 3 aliphatic heterocycles. The molecule has 42 heavy (non-hydrogen) atoms. The van der Waals surface area contributed by atoms with Gasteiger partial charge in [-0.15, -0.1) is 0 Å². The molecular weight excluding hydrogens is 575 g/mol. The number of methoxy groups -OCH3 is 1. The number of aromatic nitrogens is 1. The van der Waals surface area contributed by atoms with Crippen LogP contribution < -0.4 is 10.2 Å². The summed E-state index contributed by atoms with van der Waals surface area (Å²) in [5, 5.41) is -0.307. The van der Waals surface area contributed by atoms with Gasteiger partial charge in [0.2, 0.25) is 0 Å². The van der Waals surface area contributed by atoms with E-state index in [1.807, 2.05) is 0 Å². The van der Waals surface area contributed by atoms with Crippen molar-refractivity contribution >= 4 is 22.0 Å². The van der Waals surface area contributed by atoms with E-state index in [0.717, 1.165) is 17.1 Å². The summed E-state index contributed by atoms with van der Waals surface area (Å²) in [7, 11) is -2.84. The lowest BCUT2D eigenvalue weighted by atomic mass is 10.1. The Balaban J connectivity index is 1.37. The summed E-state index contributed by atoms with van der Waals surface area (Å²) in [6.07, 6.45) is 3.11. The minimum Gasteiger partial charge on any atom is -0.456 e. The van der Waals surface area contributed by atoms with Gasteiger partial charge in [-0.2, -0.15) is 4.31 Å². The summed E-state index contributed by atoms with van der Waals surface area (Å²) in [5.41, 5.74) is 2.37. The lowest BCUT2D eigenvalue weighted by Crippen LogP contribution is -2.66. The van der Waals surface area contributed by atoms with Crippen molar-refractivity contribution < 1.29 is 46.2 Å². The molecule has 228 valence electrons. The van der Waals surface area contributed by atoms with E-state index in [1.54, 1.807) is 0 Å². The molecule has 2 aromatic rings. The molecular formula is C27H33FN4O9S. The number of carbonyl (C=O) groups excluding carboxylic acids is 2. The second kappa shape index (κ2) is 13.3. The number of piperazine rings is 1. The monoisotopic (exact) mass is 608 g/mol. The maximum absolute atomic E-state index is 13.9. The summed E-state index contributed by atoms with van der Waals surface area (Å²) in [4.78, 5) is 37.6. The predicted molar refractivity (Wildman–Crippen MR) is 143 cm³/mol. The van der Waals surface area contributed by atoms with Gasteiger partial charge in [-0.25, -0.2) is 32.9 Å². The first-order valence-corrected chi connectivity index (χ1v) is 15.1. The van der Waals surface area contributed by atoms with Crippen LogP contribution in [0.25, 0.3) is 0 Å². The number of nitrogens with zero attached hydrogens (tertiary/aromatic N) is 3. The number of amides is 2. The Morgan fingerprint density at radius 3 is 2.55 bits per heavy atom. The lowest BCUT2D eigenvalue weighted by molar-refractivity contribution is -0.203. The second-order valence-corrected chi connectivity index (χ2v) is 11.9. The van der Waals surface area contributed by atoms with E-state index in [-0.39, 0.29) is 30.5 Å². The van der Waals surface area contributed by atoms with Crippen LogP contribution in [0.15, 0.2) is 47.6 Å². The zero-order chi connectivity index (χ0) is 29.7. The maximum atomic E-state index is 13.9. The highest BCUT2D eigenvalue weighted by Gasteiger charge is 2.55. The van der Waals surface area contributed by atoms with E-state index in [0.29, 0.717) is 31.6 Å². The van der Waals surface area contributed by atoms with Gasteiger partial charge in [0, 0.05) is 32.7 Å². The number of hydroxylamine groups is 1. The summed E-state index contributed by atoms with van der Waals surface area (Å²) in [6.45, 7) is 0.553. The van der Waals surface area contributed by atoms with Gasteiger partial charge in [-0.3, -0.25) is 9.69 Å². The summed E-state index contributed by atoms with van der Waals surface area (Å²) >= 11 is 0. The van der Waals surface area contributed by atoms with E-state index in [9.17, 15) is 22.4 Å². The number of rotatable bonds is 10. The van der Waals surface area contributed by atoms with E-state index in [4.69, 9.17) is 23.8 Å².